The van der Waals surface area contributed by atoms with Gasteiger partial charge in [0.1, 0.15) is 17.5 Å². The second-order valence-corrected chi connectivity index (χ2v) is 5.50. The van der Waals surface area contributed by atoms with Crippen LogP contribution in [0.4, 0.5) is 5.69 Å². The predicted octanol–water partition coefficient (Wildman–Crippen LogP) is 1.42. The second kappa shape index (κ2) is 7.35. The van der Waals surface area contributed by atoms with Crippen LogP contribution in [0.2, 0.25) is 0 Å². The van der Waals surface area contributed by atoms with Gasteiger partial charge in [-0.05, 0) is 30.9 Å². The summed E-state index contributed by atoms with van der Waals surface area (Å²) >= 11 is 0. The van der Waals surface area contributed by atoms with Gasteiger partial charge in [-0.15, -0.1) is 0 Å². The zero-order valence-corrected chi connectivity index (χ0v) is 13.4. The SMILES string of the molecule is COC(=O)C(N)CC1CCN(c2ccc(OC)cc2OC)C1. The van der Waals surface area contributed by atoms with Crippen molar-refractivity contribution in [1.29, 1.82) is 0 Å². The highest BCUT2D eigenvalue weighted by atomic mass is 16.5. The maximum absolute atomic E-state index is 11.4. The Labute approximate surface area is 131 Å². The number of ether oxygens (including phenoxy) is 3. The van der Waals surface area contributed by atoms with Crippen molar-refractivity contribution in [2.45, 2.75) is 18.9 Å². The van der Waals surface area contributed by atoms with Crippen molar-refractivity contribution in [3.8, 4) is 11.5 Å². The molecule has 1 aromatic rings. The van der Waals surface area contributed by atoms with E-state index in [1.165, 1.54) is 7.11 Å². The molecule has 0 bridgehead atoms. The number of methoxy groups -OCH3 is 3. The van der Waals surface area contributed by atoms with E-state index in [2.05, 4.69) is 9.64 Å². The summed E-state index contributed by atoms with van der Waals surface area (Å²) in [6.07, 6.45) is 1.64. The van der Waals surface area contributed by atoms with E-state index in [1.807, 2.05) is 18.2 Å². The summed E-state index contributed by atoms with van der Waals surface area (Å²) in [6, 6.07) is 5.25. The summed E-state index contributed by atoms with van der Waals surface area (Å²) in [5.41, 5.74) is 6.89. The van der Waals surface area contributed by atoms with Gasteiger partial charge in [0.2, 0.25) is 0 Å². The lowest BCUT2D eigenvalue weighted by Crippen LogP contribution is -2.34. The molecule has 22 heavy (non-hydrogen) atoms. The Kier molecular flexibility index (Phi) is 5.49. The van der Waals surface area contributed by atoms with Crippen LogP contribution in [0.25, 0.3) is 0 Å². The van der Waals surface area contributed by atoms with E-state index in [1.54, 1.807) is 14.2 Å². The molecule has 1 heterocycles. The quantitative estimate of drug-likeness (QED) is 0.801. The Morgan fingerprint density at radius 1 is 1.36 bits per heavy atom. The smallest absolute Gasteiger partial charge is 0.322 e. The third-order valence-corrected chi connectivity index (χ3v) is 4.10. The van der Waals surface area contributed by atoms with E-state index in [4.69, 9.17) is 15.2 Å². The van der Waals surface area contributed by atoms with Crippen molar-refractivity contribution in [3.05, 3.63) is 18.2 Å². The second-order valence-electron chi connectivity index (χ2n) is 5.50. The highest BCUT2D eigenvalue weighted by Crippen LogP contribution is 2.35. The molecule has 1 aromatic carbocycles. The molecule has 2 N–H and O–H groups in total. The molecule has 0 radical (unpaired) electrons. The van der Waals surface area contributed by atoms with Crippen LogP contribution >= 0.6 is 0 Å². The summed E-state index contributed by atoms with van der Waals surface area (Å²) in [4.78, 5) is 13.7. The fourth-order valence-corrected chi connectivity index (χ4v) is 2.90. The van der Waals surface area contributed by atoms with Crippen molar-refractivity contribution in [3.63, 3.8) is 0 Å². The lowest BCUT2D eigenvalue weighted by Gasteiger charge is -2.22. The van der Waals surface area contributed by atoms with Gasteiger partial charge in [0.05, 0.1) is 27.0 Å². The standard InChI is InChI=1S/C16H24N2O4/c1-20-12-4-5-14(15(9-12)21-2)18-7-6-11(10-18)8-13(17)16(19)22-3/h4-5,9,11,13H,6-8,10,17H2,1-3H3. The van der Waals surface area contributed by atoms with Gasteiger partial charge in [0.25, 0.3) is 0 Å². The number of hydrogen-bond donors (Lipinski definition) is 1. The number of anilines is 1. The largest absolute Gasteiger partial charge is 0.497 e. The van der Waals surface area contributed by atoms with Gasteiger partial charge >= 0.3 is 5.97 Å². The fourth-order valence-electron chi connectivity index (χ4n) is 2.90. The Bertz CT molecular complexity index is 521. The third kappa shape index (κ3) is 3.62. The molecule has 2 atom stereocenters. The molecule has 0 spiro atoms. The monoisotopic (exact) mass is 308 g/mol. The fraction of sp³-hybridized carbons (Fsp3) is 0.562. The number of carbonyl (C=O) groups is 1. The molecule has 0 amide bonds. The Balaban J connectivity index is 2.02. The van der Waals surface area contributed by atoms with E-state index in [9.17, 15) is 4.79 Å². The van der Waals surface area contributed by atoms with Gasteiger partial charge in [0, 0.05) is 19.2 Å². The first kappa shape index (κ1) is 16.4. The summed E-state index contributed by atoms with van der Waals surface area (Å²) in [6.45, 7) is 1.77. The molecule has 6 nitrogen and oxygen atoms in total. The topological polar surface area (TPSA) is 74.0 Å². The van der Waals surface area contributed by atoms with Crippen LogP contribution in [0.5, 0.6) is 11.5 Å². The van der Waals surface area contributed by atoms with Crippen molar-refractivity contribution in [1.82, 2.24) is 0 Å². The third-order valence-electron chi connectivity index (χ3n) is 4.10. The molecule has 0 aromatic heterocycles. The van der Waals surface area contributed by atoms with E-state index >= 15 is 0 Å². The maximum atomic E-state index is 11.4. The van der Waals surface area contributed by atoms with Crippen LogP contribution < -0.4 is 20.1 Å². The molecule has 6 heteroatoms. The predicted molar refractivity (Wildman–Crippen MR) is 84.5 cm³/mol. The van der Waals surface area contributed by atoms with Crippen LogP contribution in [-0.2, 0) is 9.53 Å². The van der Waals surface area contributed by atoms with E-state index < -0.39 is 6.04 Å². The Morgan fingerprint density at radius 3 is 2.77 bits per heavy atom. The Morgan fingerprint density at radius 2 is 2.14 bits per heavy atom. The summed E-state index contributed by atoms with van der Waals surface area (Å²) in [5, 5.41) is 0. The normalized spacial score (nSPS) is 18.9. The number of esters is 1. The van der Waals surface area contributed by atoms with Crippen molar-refractivity contribution in [2.75, 3.05) is 39.3 Å². The van der Waals surface area contributed by atoms with E-state index in [0.717, 1.165) is 36.7 Å². The van der Waals surface area contributed by atoms with Gasteiger partial charge < -0.3 is 24.8 Å². The van der Waals surface area contributed by atoms with Gasteiger partial charge in [-0.1, -0.05) is 0 Å². The van der Waals surface area contributed by atoms with Gasteiger partial charge in [-0.2, -0.15) is 0 Å². The van der Waals surface area contributed by atoms with Crippen LogP contribution in [0, 0.1) is 5.92 Å². The molecule has 1 aliphatic rings. The van der Waals surface area contributed by atoms with E-state index in [-0.39, 0.29) is 5.97 Å². The first-order valence-electron chi connectivity index (χ1n) is 7.39. The zero-order valence-electron chi connectivity index (χ0n) is 13.4. The molecule has 2 rings (SSSR count). The minimum Gasteiger partial charge on any atom is -0.497 e. The summed E-state index contributed by atoms with van der Waals surface area (Å²) in [7, 11) is 4.65. The lowest BCUT2D eigenvalue weighted by atomic mass is 10.00. The molecular weight excluding hydrogens is 284 g/mol. The zero-order chi connectivity index (χ0) is 16.1. The molecule has 122 valence electrons. The Hall–Kier alpha value is -1.95. The van der Waals surface area contributed by atoms with Gasteiger partial charge in [-0.3, -0.25) is 4.79 Å². The molecule has 1 saturated heterocycles. The number of benzene rings is 1. The first-order valence-corrected chi connectivity index (χ1v) is 7.39. The maximum Gasteiger partial charge on any atom is 0.322 e. The van der Waals surface area contributed by atoms with Crippen LogP contribution in [-0.4, -0.2) is 46.4 Å². The van der Waals surface area contributed by atoms with Gasteiger partial charge in [-0.25, -0.2) is 0 Å². The number of nitrogens with zero attached hydrogens (tertiary/aromatic N) is 1. The summed E-state index contributed by atoms with van der Waals surface area (Å²) < 4.78 is 15.4. The van der Waals surface area contributed by atoms with Gasteiger partial charge in [0.15, 0.2) is 0 Å². The van der Waals surface area contributed by atoms with Crippen molar-refractivity contribution in [2.24, 2.45) is 11.7 Å². The highest BCUT2D eigenvalue weighted by molar-refractivity contribution is 5.75. The van der Waals surface area contributed by atoms with Crippen LogP contribution in [0.1, 0.15) is 12.8 Å². The van der Waals surface area contributed by atoms with Crippen LogP contribution in [0.3, 0.4) is 0 Å². The summed E-state index contributed by atoms with van der Waals surface area (Å²) in [5.74, 6) is 1.59. The molecule has 2 unspecified atom stereocenters. The minimum absolute atomic E-state index is 0.347. The van der Waals surface area contributed by atoms with Crippen LogP contribution in [0.15, 0.2) is 18.2 Å². The molecule has 1 fully saturated rings. The molecule has 0 aliphatic carbocycles. The molecular formula is C16H24N2O4. The highest BCUT2D eigenvalue weighted by Gasteiger charge is 2.28. The molecule has 0 saturated carbocycles. The number of carbonyl (C=O) groups excluding carboxylic acids is 1. The first-order chi connectivity index (χ1) is 10.6. The lowest BCUT2D eigenvalue weighted by molar-refractivity contribution is -0.142. The van der Waals surface area contributed by atoms with Crippen molar-refractivity contribution < 1.29 is 19.0 Å². The van der Waals surface area contributed by atoms with E-state index in [0.29, 0.717) is 12.3 Å². The number of nitrogens with two attached hydrogens (primary N) is 1. The number of hydrogen-bond acceptors (Lipinski definition) is 6. The number of rotatable bonds is 6. The van der Waals surface area contributed by atoms with Crippen molar-refractivity contribution >= 4 is 11.7 Å². The molecule has 1 aliphatic heterocycles. The average molecular weight is 308 g/mol. The average Bonchev–Trinajstić information content (AvgIpc) is 3.01. The minimum atomic E-state index is -0.548.